The van der Waals surface area contributed by atoms with Crippen LogP contribution in [0.1, 0.15) is 206 Å². The minimum Gasteiger partial charge on any atom is -0.337 e. The minimum atomic E-state index is -2.30. The molecule has 0 fully saturated rings. The van der Waals surface area contributed by atoms with Crippen LogP contribution in [0.15, 0.2) is 114 Å². The molecule has 2 atom stereocenters. The van der Waals surface area contributed by atoms with Gasteiger partial charge in [0.1, 0.15) is 0 Å². The SMILES string of the molecule is CCCC(CC)c1ccccc1.CCCC(CC)c1ccccc1.CCC[CH2][Sn]([CH2]CC)([CH2]CCC)[c]1cccc(CN=C(N)N)c1.CCC[CH2][Sn]([CH2]CC)([CH2]CCC)[c]1cccc(C[NH3+])c1.N#CN. The molecule has 0 radical (unpaired) electrons. The van der Waals surface area contributed by atoms with E-state index in [1.54, 1.807) is 16.0 Å². The van der Waals surface area contributed by atoms with Gasteiger partial charge in [-0.1, -0.05) is 101 Å². The van der Waals surface area contributed by atoms with E-state index in [4.69, 9.17) is 16.7 Å². The fourth-order valence-electron chi connectivity index (χ4n) is 10.2. The predicted octanol–water partition coefficient (Wildman–Crippen LogP) is 15.6. The summed E-state index contributed by atoms with van der Waals surface area (Å²) in [6.45, 7) is 24.6. The Morgan fingerprint density at radius 3 is 1.16 bits per heavy atom. The van der Waals surface area contributed by atoms with Crippen molar-refractivity contribution in [3.63, 3.8) is 0 Å². The average Bonchev–Trinajstić information content (AvgIpc) is 3.39. The molecule has 8 heteroatoms. The number of guanidine groups is 1. The summed E-state index contributed by atoms with van der Waals surface area (Å²) in [5, 5.41) is 7.10. The molecule has 4 aromatic carbocycles. The van der Waals surface area contributed by atoms with E-state index in [1.807, 2.05) is 0 Å². The Hall–Kier alpha value is -3.00. The Morgan fingerprint density at radius 2 is 0.857 bits per heavy atom. The first kappa shape index (κ1) is 67.0. The third-order valence-corrected chi connectivity index (χ3v) is 46.2. The molecule has 0 aliphatic rings. The van der Waals surface area contributed by atoms with Gasteiger partial charge < -0.3 is 5.73 Å². The van der Waals surface area contributed by atoms with Crippen molar-refractivity contribution < 1.29 is 5.73 Å². The number of nitriles is 1. The zero-order chi connectivity index (χ0) is 52.3. The summed E-state index contributed by atoms with van der Waals surface area (Å²) in [7, 11) is 0. The van der Waals surface area contributed by atoms with Gasteiger partial charge in [0, 0.05) is 0 Å². The average molecular weight is 1170 g/mol. The molecule has 0 spiro atoms. The van der Waals surface area contributed by atoms with E-state index in [1.165, 1.54) is 149 Å². The molecule has 0 heterocycles. The second-order valence-corrected chi connectivity index (χ2v) is 46.1. The molecule has 9 N–H and O–H groups in total. The first-order chi connectivity index (χ1) is 34.0. The van der Waals surface area contributed by atoms with Crippen molar-refractivity contribution in [2.24, 2.45) is 22.2 Å². The Kier molecular flexibility index (Phi) is 41.7. The van der Waals surface area contributed by atoms with Gasteiger partial charge in [0.15, 0.2) is 6.19 Å². The quantitative estimate of drug-likeness (QED) is 0.0141. The van der Waals surface area contributed by atoms with Crippen molar-refractivity contribution in [1.29, 1.82) is 5.26 Å². The Labute approximate surface area is 440 Å². The smallest absolute Gasteiger partial charge is 0.173 e. The number of unbranched alkanes of at least 4 members (excludes halogenated alkanes) is 4. The minimum absolute atomic E-state index is 0.177. The van der Waals surface area contributed by atoms with Crippen LogP contribution in [-0.4, -0.2) is 42.7 Å². The van der Waals surface area contributed by atoms with Crippen LogP contribution >= 0.6 is 0 Å². The number of hydrogen-bond acceptors (Lipinski definition) is 3. The van der Waals surface area contributed by atoms with Crippen LogP contribution in [0.3, 0.4) is 0 Å². The monoisotopic (exact) mass is 1180 g/mol. The molecule has 6 nitrogen and oxygen atoms in total. The number of rotatable bonds is 29. The van der Waals surface area contributed by atoms with E-state index in [0.29, 0.717) is 6.54 Å². The molecule has 0 aromatic heterocycles. The van der Waals surface area contributed by atoms with Crippen molar-refractivity contribution in [2.45, 2.75) is 224 Å². The summed E-state index contributed by atoms with van der Waals surface area (Å²) in [4.78, 5) is 4.18. The Morgan fingerprint density at radius 1 is 0.500 bits per heavy atom. The van der Waals surface area contributed by atoms with Crippen LogP contribution in [-0.2, 0) is 13.1 Å². The zero-order valence-electron chi connectivity index (χ0n) is 46.9. The number of aliphatic imine (C=N–C) groups is 1. The Bertz CT molecular complexity index is 1810. The summed E-state index contributed by atoms with van der Waals surface area (Å²) in [6.07, 6.45) is 22.6. The first-order valence-electron chi connectivity index (χ1n) is 28.2. The molecule has 0 saturated heterocycles. The van der Waals surface area contributed by atoms with E-state index in [0.717, 1.165) is 18.4 Å². The molecular formula is C62H107N6Sn2+. The maximum absolute atomic E-state index is 7.10. The third-order valence-electron chi connectivity index (χ3n) is 14.1. The molecule has 0 bridgehead atoms. The summed E-state index contributed by atoms with van der Waals surface area (Å²) >= 11 is -4.45. The summed E-state index contributed by atoms with van der Waals surface area (Å²) in [5.41, 5.74) is 24.9. The first-order valence-corrected chi connectivity index (χ1v) is 43.2. The van der Waals surface area contributed by atoms with Crippen LogP contribution in [0.2, 0.25) is 26.6 Å². The largest absolute Gasteiger partial charge is 0.337 e. The number of nitrogens with two attached hydrogens (primary N) is 3. The van der Waals surface area contributed by atoms with E-state index < -0.39 is 36.8 Å². The van der Waals surface area contributed by atoms with Crippen molar-refractivity contribution in [2.75, 3.05) is 0 Å². The van der Waals surface area contributed by atoms with Gasteiger partial charge in [-0.15, -0.1) is 0 Å². The molecule has 2 unspecified atom stereocenters. The van der Waals surface area contributed by atoms with Crippen molar-refractivity contribution in [3.8, 4) is 6.19 Å². The fourth-order valence-corrected chi connectivity index (χ4v) is 42.1. The molecule has 70 heavy (non-hydrogen) atoms. The number of hydrogen-bond donors (Lipinski definition) is 4. The van der Waals surface area contributed by atoms with Crippen molar-refractivity contribution in [1.82, 2.24) is 0 Å². The maximum atomic E-state index is 7.10. The number of nitrogens with zero attached hydrogens (tertiary/aromatic N) is 2. The molecule has 0 aliphatic heterocycles. The summed E-state index contributed by atoms with van der Waals surface area (Å²) in [6, 6.07) is 40.4. The predicted molar refractivity (Wildman–Crippen MR) is 317 cm³/mol. The summed E-state index contributed by atoms with van der Waals surface area (Å²) < 4.78 is 12.6. The standard InChI is InChI=1S/2C12H18.C8H10N3.C7H8N.4C4H9.2C3H7.CH2N2.2Sn/c2*1-3-8-11(4-2)12-9-6-5-7-10-12;9-8(10)11-6-7-4-2-1-3-5-7;8-6-7-4-2-1-3-5-7;4*1-3-4-2;2*1-3-2;2-1-3;;/h2*5-7,9-11H,3-4,8H2,1-2H3;1-2,4-5H,6H2,(H4,9,10,11);1-2,4-5H,6,8H2;4*1,3-4H2,2H3;2*1,3H2,2H3;2H2;;/p+1. The Balaban J connectivity index is 0.000000920. The van der Waals surface area contributed by atoms with Gasteiger partial charge in [0.05, 0.1) is 0 Å². The molecular weight excluding hydrogens is 1070 g/mol. The topological polar surface area (TPSA) is 142 Å². The van der Waals surface area contributed by atoms with Gasteiger partial charge in [-0.05, 0) is 48.6 Å². The van der Waals surface area contributed by atoms with Gasteiger partial charge in [-0.25, -0.2) is 0 Å². The van der Waals surface area contributed by atoms with E-state index in [9.17, 15) is 0 Å². The van der Waals surface area contributed by atoms with Crippen LogP contribution in [0.25, 0.3) is 0 Å². The van der Waals surface area contributed by atoms with Crippen LogP contribution < -0.4 is 30.1 Å². The van der Waals surface area contributed by atoms with E-state index >= 15 is 0 Å². The van der Waals surface area contributed by atoms with Crippen LogP contribution in [0.5, 0.6) is 0 Å². The van der Waals surface area contributed by atoms with Gasteiger partial charge >= 0.3 is 277 Å². The normalized spacial score (nSPS) is 11.6. The van der Waals surface area contributed by atoms with Crippen molar-refractivity contribution in [3.05, 3.63) is 131 Å². The number of quaternary nitrogens is 1. The molecule has 0 saturated carbocycles. The summed E-state index contributed by atoms with van der Waals surface area (Å²) in [5.74, 6) is 1.73. The zero-order valence-corrected chi connectivity index (χ0v) is 52.6. The van der Waals surface area contributed by atoms with E-state index in [-0.39, 0.29) is 5.96 Å². The molecule has 392 valence electrons. The van der Waals surface area contributed by atoms with Gasteiger partial charge in [-0.3, -0.25) is 0 Å². The molecule has 0 aliphatic carbocycles. The molecule has 4 rings (SSSR count). The van der Waals surface area contributed by atoms with Gasteiger partial charge in [-0.2, -0.15) is 5.26 Å². The number of benzene rings is 4. The second-order valence-electron chi connectivity index (χ2n) is 19.6. The molecule has 0 amide bonds. The molecule has 4 aromatic rings. The van der Waals surface area contributed by atoms with Crippen LogP contribution in [0, 0.1) is 11.5 Å². The second kappa shape index (κ2) is 43.6. The fraction of sp³-hybridized carbons (Fsp3) is 0.581. The van der Waals surface area contributed by atoms with Gasteiger partial charge in [0.2, 0.25) is 0 Å². The van der Waals surface area contributed by atoms with Crippen LogP contribution in [0.4, 0.5) is 0 Å². The van der Waals surface area contributed by atoms with Crippen molar-refractivity contribution >= 4 is 49.9 Å². The van der Waals surface area contributed by atoms with E-state index in [2.05, 4.69) is 195 Å². The maximum Gasteiger partial charge on any atom is 0.173 e. The van der Waals surface area contributed by atoms with Gasteiger partial charge in [0.25, 0.3) is 0 Å². The third kappa shape index (κ3) is 27.7.